The van der Waals surface area contributed by atoms with E-state index in [1.807, 2.05) is 154 Å². The minimum absolute atomic E-state index is 0.0404. The van der Waals surface area contributed by atoms with Crippen molar-refractivity contribution in [2.45, 2.75) is 115 Å². The highest BCUT2D eigenvalue weighted by Gasteiger charge is 2.41. The molecular weight excluding hydrogens is 1860 g/mol. The molecule has 706 valence electrons. The zero-order chi connectivity index (χ0) is 94.9. The van der Waals surface area contributed by atoms with Crippen LogP contribution in [-0.2, 0) is 53.0 Å². The maximum absolute atomic E-state index is 14.7. The summed E-state index contributed by atoms with van der Waals surface area (Å²) in [5, 5.41) is 19.7. The van der Waals surface area contributed by atoms with Crippen LogP contribution in [0.25, 0.3) is 43.6 Å². The number of fused-ring (bicyclic) bond motifs is 12. The molecule has 138 heavy (non-hydrogen) atoms. The summed E-state index contributed by atoms with van der Waals surface area (Å²) in [6.07, 6.45) is 18.7. The fourth-order valence-corrected chi connectivity index (χ4v) is 19.7. The number of nitrogens with zero attached hydrogens (tertiary/aromatic N) is 14. The number of aromatic amines is 4. The minimum atomic E-state index is -0.583. The third-order valence-corrected chi connectivity index (χ3v) is 26.3. The van der Waals surface area contributed by atoms with E-state index in [1.165, 1.54) is 40.6 Å². The Balaban J connectivity index is 0.000000118. The summed E-state index contributed by atoms with van der Waals surface area (Å²) in [4.78, 5) is 70.4. The molecule has 2 amide bonds. The lowest BCUT2D eigenvalue weighted by Gasteiger charge is -2.36. The summed E-state index contributed by atoms with van der Waals surface area (Å²) in [6, 6.07) is 62.0. The number of ether oxygens (including phenoxy) is 8. The average Bonchev–Trinajstić information content (AvgIpc) is 1.60. The highest BCUT2D eigenvalue weighted by molar-refractivity contribution is 6.32. The molecular formula is C104H98Cl5FN18O10. The lowest BCUT2D eigenvalue weighted by Crippen LogP contribution is -2.42. The second-order valence-electron chi connectivity index (χ2n) is 34.2. The molecule has 4 N–H and O–H groups in total. The quantitative estimate of drug-likeness (QED) is 0.0433. The van der Waals surface area contributed by atoms with Gasteiger partial charge in [0.05, 0.1) is 64.5 Å². The Morgan fingerprint density at radius 3 is 1.33 bits per heavy atom. The Kier molecular flexibility index (Phi) is 28.4. The molecule has 0 aliphatic carbocycles. The smallest absolute Gasteiger partial charge is 0.416 e. The van der Waals surface area contributed by atoms with E-state index in [4.69, 9.17) is 95.9 Å². The normalized spacial score (nSPS) is 16.8. The second-order valence-corrected chi connectivity index (χ2v) is 36.4. The molecule has 28 nitrogen and oxygen atoms in total. The molecule has 5 aliphatic heterocycles. The molecule has 1 saturated heterocycles. The van der Waals surface area contributed by atoms with Crippen molar-refractivity contribution in [3.05, 3.63) is 348 Å². The Morgan fingerprint density at radius 2 is 0.899 bits per heavy atom. The van der Waals surface area contributed by atoms with Gasteiger partial charge in [-0.1, -0.05) is 106 Å². The number of nitrogens with one attached hydrogen (secondary N) is 4. The van der Waals surface area contributed by atoms with Gasteiger partial charge in [0.1, 0.15) is 47.7 Å². The minimum Gasteiger partial charge on any atom is -0.494 e. The molecule has 34 heteroatoms. The van der Waals surface area contributed by atoms with Crippen molar-refractivity contribution in [3.8, 4) is 28.7 Å². The molecule has 0 bridgehead atoms. The van der Waals surface area contributed by atoms with Crippen molar-refractivity contribution in [2.24, 2.45) is 0 Å². The van der Waals surface area contributed by atoms with Crippen molar-refractivity contribution >= 4 is 126 Å². The van der Waals surface area contributed by atoms with Crippen LogP contribution in [0, 0.1) is 5.82 Å². The number of hydrogen-bond donors (Lipinski definition) is 4. The number of methoxy groups -OCH3 is 1. The SMILES string of the molecule is CCOC(=O)N1CCc2c([nH]c3ccc(Cl)cc23)[C@@H]1c1ccc(OCC[C@H]2COC(C)(C)O2)cc1.COc1ccc(C2c3[nH]c4ccc(Cl)cc4c3CCN2C(=O)Oc2ccc(Cl)cc2)cc1F.Clc1ccc2[nH]c3c(c2c1)CCN(c1ncccn1)C3c1ccc(OCCCn2ccnn2)cc1.Clc1ccc2[nH]c3c(c2c1)CCN(c1ncccn1)C3c1ccc(OCCCn2cncn2)cc1. The molecule has 1 fully saturated rings. The summed E-state index contributed by atoms with van der Waals surface area (Å²) in [7, 11) is 1.41. The number of benzene rings is 9. The van der Waals surface area contributed by atoms with Crippen LogP contribution in [0.4, 0.5) is 25.9 Å². The molecule has 13 heterocycles. The van der Waals surface area contributed by atoms with Gasteiger partial charge in [-0.15, -0.1) is 5.10 Å². The van der Waals surface area contributed by atoms with Gasteiger partial charge in [-0.25, -0.2) is 38.9 Å². The van der Waals surface area contributed by atoms with Crippen molar-refractivity contribution in [1.82, 2.24) is 79.4 Å². The van der Waals surface area contributed by atoms with Gasteiger partial charge in [-0.2, -0.15) is 5.10 Å². The first-order chi connectivity index (χ1) is 67.3. The first kappa shape index (κ1) is 93.2. The summed E-state index contributed by atoms with van der Waals surface area (Å²) < 4.78 is 63.7. The number of halogens is 6. The summed E-state index contributed by atoms with van der Waals surface area (Å²) >= 11 is 31.1. The second kappa shape index (κ2) is 42.0. The Bertz CT molecular complexity index is 6860. The summed E-state index contributed by atoms with van der Waals surface area (Å²) in [5.74, 6) is 3.36. The monoisotopic (exact) mass is 1950 g/mol. The van der Waals surface area contributed by atoms with Crippen LogP contribution >= 0.6 is 58.0 Å². The Morgan fingerprint density at radius 1 is 0.478 bits per heavy atom. The van der Waals surface area contributed by atoms with Gasteiger partial charge >= 0.3 is 12.2 Å². The van der Waals surface area contributed by atoms with E-state index in [0.29, 0.717) is 90.8 Å². The van der Waals surface area contributed by atoms with Crippen molar-refractivity contribution in [2.75, 3.05) is 76.1 Å². The summed E-state index contributed by atoms with van der Waals surface area (Å²) in [6.45, 7) is 12.5. The van der Waals surface area contributed by atoms with Crippen LogP contribution in [-0.4, -0.2) is 170 Å². The largest absolute Gasteiger partial charge is 0.494 e. The zero-order valence-corrected chi connectivity index (χ0v) is 79.7. The van der Waals surface area contributed by atoms with Gasteiger partial charge in [-0.05, 0) is 249 Å². The topological polar surface area (TPSA) is 297 Å². The summed E-state index contributed by atoms with van der Waals surface area (Å²) in [5.41, 5.74) is 16.9. The predicted molar refractivity (Wildman–Crippen MR) is 530 cm³/mol. The van der Waals surface area contributed by atoms with Crippen molar-refractivity contribution in [3.63, 3.8) is 0 Å². The van der Waals surface area contributed by atoms with Crippen LogP contribution in [0.1, 0.15) is 131 Å². The molecule has 22 rings (SSSR count). The first-order valence-corrected chi connectivity index (χ1v) is 47.6. The van der Waals surface area contributed by atoms with Crippen LogP contribution in [0.15, 0.2) is 250 Å². The number of hydrogen-bond acceptors (Lipinski definition) is 20. The van der Waals surface area contributed by atoms with E-state index in [1.54, 1.807) is 105 Å². The van der Waals surface area contributed by atoms with E-state index in [9.17, 15) is 14.0 Å². The Labute approximate surface area is 819 Å². The van der Waals surface area contributed by atoms with Gasteiger partial charge in [0, 0.05) is 181 Å². The van der Waals surface area contributed by atoms with E-state index in [0.717, 1.165) is 170 Å². The molecule has 9 aromatic carbocycles. The van der Waals surface area contributed by atoms with Gasteiger partial charge in [-0.3, -0.25) is 19.2 Å². The fourth-order valence-electron chi connectivity index (χ4n) is 18.8. The number of aryl methyl sites for hydroxylation is 2. The molecule has 8 aromatic heterocycles. The predicted octanol–water partition coefficient (Wildman–Crippen LogP) is 22.3. The molecule has 0 radical (unpaired) electrons. The molecule has 0 saturated carbocycles. The van der Waals surface area contributed by atoms with E-state index < -0.39 is 23.7 Å². The van der Waals surface area contributed by atoms with Gasteiger partial charge in [0.2, 0.25) is 11.9 Å². The lowest BCUT2D eigenvalue weighted by molar-refractivity contribution is -0.139. The van der Waals surface area contributed by atoms with E-state index in [-0.39, 0.29) is 36.1 Å². The van der Waals surface area contributed by atoms with Gasteiger partial charge in [0.25, 0.3) is 0 Å². The van der Waals surface area contributed by atoms with Crippen LogP contribution < -0.4 is 33.5 Å². The highest BCUT2D eigenvalue weighted by Crippen LogP contribution is 2.47. The van der Waals surface area contributed by atoms with Gasteiger partial charge in [0.15, 0.2) is 17.4 Å². The number of anilines is 2. The van der Waals surface area contributed by atoms with Gasteiger partial charge < -0.3 is 67.6 Å². The number of carbonyl (C=O) groups excluding carboxylic acids is 2. The number of rotatable bonds is 23. The van der Waals surface area contributed by atoms with E-state index in [2.05, 4.69) is 94.3 Å². The third kappa shape index (κ3) is 20.9. The maximum atomic E-state index is 14.7. The zero-order valence-electron chi connectivity index (χ0n) is 75.9. The number of carbonyl (C=O) groups is 2. The third-order valence-electron chi connectivity index (χ3n) is 25.1. The van der Waals surface area contributed by atoms with Crippen LogP contribution in [0.3, 0.4) is 0 Å². The van der Waals surface area contributed by atoms with E-state index >= 15 is 0 Å². The molecule has 17 aromatic rings. The molecule has 0 spiro atoms. The lowest BCUT2D eigenvalue weighted by atomic mass is 9.92. The maximum Gasteiger partial charge on any atom is 0.416 e. The number of amides is 2. The first-order valence-electron chi connectivity index (χ1n) is 45.8. The molecule has 5 aliphatic rings. The van der Waals surface area contributed by atoms with Crippen molar-refractivity contribution in [1.29, 1.82) is 0 Å². The standard InChI is InChI=1S/C27H31ClN2O5.2C26H24ClN7O.C25H19Cl2FN2O3/c1-4-32-26(31)30-13-11-21-22-15-18(28)7-10-23(22)29-24(21)25(30)17-5-8-19(9-6-17)33-14-12-20-16-34-27(2,3)35-20;27-19-5-8-23-22(17-19)21-9-14-34(26-28-10-1-11-29-26)25(24(21)31-23)18-3-6-20(7-4-18)35-16-2-13-33-15-12-30-32-33;27-19-5-8-23-22(15-19)21-9-13-34(26-29-10-1-11-30-26)25(24(21)32-23)18-3-6-20(7-4-18)35-14-2-12-33-17-28-16-31-33;1-32-22-9-2-14(12-20(22)28)24-23-18(19-13-16(27)5-8-21(19)29-23)10-11-30(24)25(31)33-17-6-3-15(26)4-7-17/h5-10,15,20,25,29H,4,11-14,16H2,1-3H3;1,3-8,10-12,15,17,25,31H,2,9,13-14,16H2;1,3-8,10-11,15-17,25,32H,2,9,12-14H2;2-9,12-13,24,29H,10-11H2,1H3/t20-,25-;;;/m0.../s1. The number of aromatic nitrogens is 14. The van der Waals surface area contributed by atoms with Crippen LogP contribution in [0.2, 0.25) is 25.1 Å². The fraction of sp³-hybridized carbons (Fsp3) is 0.269. The average molecular weight is 1960 g/mol. The van der Waals surface area contributed by atoms with Crippen LogP contribution in [0.5, 0.6) is 28.7 Å². The Hall–Kier alpha value is -13.8. The molecule has 3 unspecified atom stereocenters. The highest BCUT2D eigenvalue weighted by atomic mass is 35.5. The van der Waals surface area contributed by atoms with Crippen molar-refractivity contribution < 1.29 is 51.9 Å². The number of H-pyrrole nitrogens is 4. The molecule has 5 atom stereocenters.